The van der Waals surface area contributed by atoms with Gasteiger partial charge in [0.15, 0.2) is 11.6 Å². The summed E-state index contributed by atoms with van der Waals surface area (Å²) in [6.07, 6.45) is 2.13. The van der Waals surface area contributed by atoms with Crippen LogP contribution in [0.5, 0.6) is 11.6 Å². The number of aryl methyl sites for hydroxylation is 2. The Morgan fingerprint density at radius 3 is 2.69 bits per heavy atom. The van der Waals surface area contributed by atoms with E-state index < -0.39 is 0 Å². The molecule has 1 aliphatic rings. The fourth-order valence-corrected chi connectivity index (χ4v) is 4.95. The maximum absolute atomic E-state index is 12.7. The lowest BCUT2D eigenvalue weighted by Gasteiger charge is -2.24. The zero-order chi connectivity index (χ0) is 25.2. The Balaban J connectivity index is 1.49. The number of ether oxygens (including phenoxy) is 1. The Hall–Kier alpha value is -3.46. The predicted molar refractivity (Wildman–Crippen MR) is 141 cm³/mol. The van der Waals surface area contributed by atoms with Crippen LogP contribution < -0.4 is 10.1 Å². The van der Waals surface area contributed by atoms with Gasteiger partial charge in [-0.2, -0.15) is 4.98 Å². The lowest BCUT2D eigenvalue weighted by atomic mass is 9.99. The van der Waals surface area contributed by atoms with Crippen LogP contribution in [0.1, 0.15) is 27.9 Å². The first-order valence-electron chi connectivity index (χ1n) is 11.3. The number of amides is 1. The number of anilines is 1. The van der Waals surface area contributed by atoms with E-state index in [2.05, 4.69) is 10.3 Å². The quantitative estimate of drug-likeness (QED) is 0.219. The maximum atomic E-state index is 12.7. The molecule has 0 bridgehead atoms. The molecular weight excluding hydrogens is 496 g/mol. The first-order valence-corrected chi connectivity index (χ1v) is 12.7. The van der Waals surface area contributed by atoms with E-state index >= 15 is 0 Å². The van der Waals surface area contributed by atoms with Crippen LogP contribution in [-0.4, -0.2) is 31.7 Å². The molecule has 2 aromatic heterocycles. The Bertz CT molecular complexity index is 1460. The highest BCUT2D eigenvalue weighted by Crippen LogP contribution is 2.42. The molecular formula is C27H23ClN4O3S. The van der Waals surface area contributed by atoms with Gasteiger partial charge in [0.25, 0.3) is 0 Å². The van der Waals surface area contributed by atoms with E-state index in [1.165, 1.54) is 11.8 Å². The molecule has 0 saturated carbocycles. The number of thioether (sulfide) groups is 1. The van der Waals surface area contributed by atoms with Crippen LogP contribution in [-0.2, 0) is 17.8 Å². The van der Waals surface area contributed by atoms with Gasteiger partial charge >= 0.3 is 0 Å². The van der Waals surface area contributed by atoms with Gasteiger partial charge in [-0.15, -0.1) is 0 Å². The molecule has 4 aromatic rings. The topological polar surface area (TPSA) is 97.2 Å². The van der Waals surface area contributed by atoms with Crippen molar-refractivity contribution in [1.29, 1.82) is 0 Å². The molecule has 0 atom stereocenters. The minimum absolute atomic E-state index is 0.140. The van der Waals surface area contributed by atoms with Crippen LogP contribution in [0.4, 0.5) is 5.69 Å². The van der Waals surface area contributed by atoms with E-state index in [-0.39, 0.29) is 18.3 Å². The van der Waals surface area contributed by atoms with E-state index in [9.17, 15) is 9.90 Å². The molecule has 5 rings (SSSR count). The average Bonchev–Trinajstić information content (AvgIpc) is 2.87. The third-order valence-corrected chi connectivity index (χ3v) is 7.07. The van der Waals surface area contributed by atoms with Gasteiger partial charge in [0.2, 0.25) is 11.8 Å². The number of hydrogen-bond donors (Lipinski definition) is 2. The van der Waals surface area contributed by atoms with Crippen LogP contribution in [0.15, 0.2) is 59.8 Å². The lowest BCUT2D eigenvalue weighted by Crippen LogP contribution is -2.16. The summed E-state index contributed by atoms with van der Waals surface area (Å²) in [5.41, 5.74) is 5.63. The van der Waals surface area contributed by atoms with Gasteiger partial charge in [0.05, 0.1) is 23.6 Å². The van der Waals surface area contributed by atoms with E-state index in [0.29, 0.717) is 45.2 Å². The number of aliphatic hydroxyl groups excluding tert-OH is 1. The predicted octanol–water partition coefficient (Wildman–Crippen LogP) is 5.73. The Morgan fingerprint density at radius 1 is 1.14 bits per heavy atom. The maximum Gasteiger partial charge on any atom is 0.234 e. The second-order valence-corrected chi connectivity index (χ2v) is 9.86. The van der Waals surface area contributed by atoms with Gasteiger partial charge in [0.1, 0.15) is 5.03 Å². The number of aromatic nitrogens is 3. The van der Waals surface area contributed by atoms with Crippen LogP contribution in [0.2, 0.25) is 5.02 Å². The van der Waals surface area contributed by atoms with Crippen molar-refractivity contribution in [2.24, 2.45) is 0 Å². The zero-order valence-corrected chi connectivity index (χ0v) is 21.3. The van der Waals surface area contributed by atoms with Crippen molar-refractivity contribution in [3.05, 3.63) is 87.7 Å². The van der Waals surface area contributed by atoms with Crippen molar-refractivity contribution in [3.63, 3.8) is 0 Å². The monoisotopic (exact) mass is 518 g/mol. The Morgan fingerprint density at radius 2 is 1.94 bits per heavy atom. The number of hydrogen-bond acceptors (Lipinski definition) is 7. The lowest BCUT2D eigenvalue weighted by molar-refractivity contribution is -0.113. The first-order chi connectivity index (χ1) is 17.4. The number of rotatable bonds is 6. The summed E-state index contributed by atoms with van der Waals surface area (Å²) in [5.74, 6) is 1.51. The fraction of sp³-hybridized carbons (Fsp3) is 0.185. The number of fused-ring (bicyclic) bond motifs is 2. The Kier molecular flexibility index (Phi) is 6.91. The molecule has 0 unspecified atom stereocenters. The van der Waals surface area contributed by atoms with E-state index in [4.69, 9.17) is 26.3 Å². The standard InChI is InChI=1S/C27H23ClN4O3S/c1-15-4-3-5-20(10-15)30-23(34)14-36-27-22-11-21-18(13-33)12-29-16(2)24(21)35-26(22)31-25(32-27)17-6-8-19(28)9-7-17/h3-10,12,33H,11,13-14H2,1-2H3,(H,30,34). The second kappa shape index (κ2) is 10.3. The molecule has 0 radical (unpaired) electrons. The average molecular weight is 519 g/mol. The van der Waals surface area contributed by atoms with Gasteiger partial charge < -0.3 is 15.2 Å². The summed E-state index contributed by atoms with van der Waals surface area (Å²) < 4.78 is 6.23. The molecule has 36 heavy (non-hydrogen) atoms. The zero-order valence-electron chi connectivity index (χ0n) is 19.7. The number of benzene rings is 2. The smallest absolute Gasteiger partial charge is 0.234 e. The van der Waals surface area contributed by atoms with Gasteiger partial charge in [0, 0.05) is 40.0 Å². The highest BCUT2D eigenvalue weighted by Gasteiger charge is 2.28. The van der Waals surface area contributed by atoms with Crippen LogP contribution in [0, 0.1) is 13.8 Å². The highest BCUT2D eigenvalue weighted by molar-refractivity contribution is 8.00. The summed E-state index contributed by atoms with van der Waals surface area (Å²) in [6.45, 7) is 3.68. The van der Waals surface area contributed by atoms with Crippen molar-refractivity contribution in [2.75, 3.05) is 11.1 Å². The van der Waals surface area contributed by atoms with Gasteiger partial charge in [-0.1, -0.05) is 35.5 Å². The molecule has 0 aliphatic carbocycles. The summed E-state index contributed by atoms with van der Waals surface area (Å²) in [4.78, 5) is 26.6. The van der Waals surface area contributed by atoms with Gasteiger partial charge in [-0.05, 0) is 55.8 Å². The number of nitrogens with one attached hydrogen (secondary N) is 1. The molecule has 0 spiro atoms. The van der Waals surface area contributed by atoms with Crippen molar-refractivity contribution >= 4 is 35.0 Å². The van der Waals surface area contributed by atoms with Crippen LogP contribution in [0.25, 0.3) is 11.4 Å². The summed E-state index contributed by atoms with van der Waals surface area (Å²) >= 11 is 7.39. The van der Waals surface area contributed by atoms with Gasteiger partial charge in [-0.25, -0.2) is 4.98 Å². The minimum atomic E-state index is -0.153. The molecule has 9 heteroatoms. The molecule has 0 fully saturated rings. The molecule has 7 nitrogen and oxygen atoms in total. The molecule has 182 valence electrons. The number of nitrogens with zero attached hydrogens (tertiary/aromatic N) is 3. The molecule has 1 aliphatic heterocycles. The number of aliphatic hydroxyl groups is 1. The third kappa shape index (κ3) is 5.06. The van der Waals surface area contributed by atoms with E-state index in [1.807, 2.05) is 50.2 Å². The van der Waals surface area contributed by atoms with Crippen molar-refractivity contribution in [3.8, 4) is 23.0 Å². The summed E-state index contributed by atoms with van der Waals surface area (Å²) in [7, 11) is 0. The first kappa shape index (κ1) is 24.2. The number of pyridine rings is 1. The Labute approximate surface area is 217 Å². The molecule has 0 saturated heterocycles. The van der Waals surface area contributed by atoms with Crippen molar-refractivity contribution in [2.45, 2.75) is 31.9 Å². The third-order valence-electron chi connectivity index (χ3n) is 5.80. The molecule has 1 amide bonds. The summed E-state index contributed by atoms with van der Waals surface area (Å²) in [6, 6.07) is 14.9. The van der Waals surface area contributed by atoms with Gasteiger partial charge in [-0.3, -0.25) is 9.78 Å². The van der Waals surface area contributed by atoms with Crippen molar-refractivity contribution in [1.82, 2.24) is 15.0 Å². The van der Waals surface area contributed by atoms with Crippen molar-refractivity contribution < 1.29 is 14.6 Å². The van der Waals surface area contributed by atoms with Crippen LogP contribution in [0.3, 0.4) is 0 Å². The number of carbonyl (C=O) groups excluding carboxylic acids is 1. The van der Waals surface area contributed by atoms with E-state index in [1.54, 1.807) is 18.3 Å². The SMILES string of the molecule is Cc1cccc(NC(=O)CSc2nc(-c3ccc(Cl)cc3)nc3c2Cc2c(CO)cnc(C)c2O3)c1. The minimum Gasteiger partial charge on any atom is -0.436 e. The molecule has 3 heterocycles. The second-order valence-electron chi connectivity index (χ2n) is 8.46. The number of carbonyl (C=O) groups is 1. The fourth-order valence-electron chi connectivity index (χ4n) is 4.00. The van der Waals surface area contributed by atoms with E-state index in [0.717, 1.165) is 27.9 Å². The summed E-state index contributed by atoms with van der Waals surface area (Å²) in [5, 5.41) is 14.1. The largest absolute Gasteiger partial charge is 0.436 e. The molecule has 2 aromatic carbocycles. The normalized spacial score (nSPS) is 11.9. The van der Waals surface area contributed by atoms with Crippen LogP contribution >= 0.6 is 23.4 Å². The highest BCUT2D eigenvalue weighted by atomic mass is 35.5. The molecule has 2 N–H and O–H groups in total. The number of halogens is 1.